The van der Waals surface area contributed by atoms with E-state index in [9.17, 15) is 18.0 Å². The Hall–Kier alpha value is -2.62. The predicted molar refractivity (Wildman–Crippen MR) is 109 cm³/mol. The maximum absolute atomic E-state index is 12.7. The average molecular weight is 454 g/mol. The van der Waals surface area contributed by atoms with Gasteiger partial charge in [0.05, 0.1) is 10.6 Å². The zero-order chi connectivity index (χ0) is 21.9. The van der Waals surface area contributed by atoms with Gasteiger partial charge in [-0.2, -0.15) is 4.31 Å². The van der Waals surface area contributed by atoms with Crippen LogP contribution in [-0.2, 0) is 14.8 Å². The van der Waals surface area contributed by atoms with Crippen LogP contribution in [0.1, 0.15) is 34.6 Å². The van der Waals surface area contributed by atoms with Crippen molar-refractivity contribution in [3.8, 4) is 11.5 Å². The van der Waals surface area contributed by atoms with Gasteiger partial charge in [-0.15, -0.1) is 0 Å². The van der Waals surface area contributed by atoms with E-state index in [2.05, 4.69) is 0 Å². The van der Waals surface area contributed by atoms with Crippen molar-refractivity contribution in [2.45, 2.75) is 18.7 Å². The number of fused-ring (bicyclic) bond motifs is 1. The van der Waals surface area contributed by atoms with Crippen molar-refractivity contribution < 1.29 is 32.2 Å². The first-order valence-electron chi connectivity index (χ1n) is 9.17. The van der Waals surface area contributed by atoms with Gasteiger partial charge in [0.1, 0.15) is 4.90 Å². The highest BCUT2D eigenvalue weighted by atomic mass is 35.5. The fourth-order valence-corrected chi connectivity index (χ4v) is 4.86. The lowest BCUT2D eigenvalue weighted by Gasteiger charge is -2.19. The number of benzene rings is 2. The number of hydrogen-bond donors (Lipinski definition) is 0. The van der Waals surface area contributed by atoms with E-state index < -0.39 is 28.4 Å². The Kier molecular flexibility index (Phi) is 6.64. The minimum Gasteiger partial charge on any atom is -0.454 e. The normalized spacial score (nSPS) is 12.8. The number of carbonyl (C=O) groups excluding carboxylic acids is 2. The molecule has 0 atom stereocenters. The smallest absolute Gasteiger partial charge is 0.338 e. The highest BCUT2D eigenvalue weighted by Crippen LogP contribution is 2.32. The van der Waals surface area contributed by atoms with E-state index in [1.54, 1.807) is 26.0 Å². The molecule has 0 aliphatic carbocycles. The van der Waals surface area contributed by atoms with Gasteiger partial charge in [-0.05, 0) is 36.4 Å². The molecule has 30 heavy (non-hydrogen) atoms. The van der Waals surface area contributed by atoms with Gasteiger partial charge < -0.3 is 14.2 Å². The highest BCUT2D eigenvalue weighted by molar-refractivity contribution is 7.89. The number of esters is 1. The Morgan fingerprint density at radius 2 is 1.70 bits per heavy atom. The number of hydrogen-bond acceptors (Lipinski definition) is 7. The van der Waals surface area contributed by atoms with Crippen LogP contribution in [-0.4, -0.2) is 51.0 Å². The summed E-state index contributed by atoms with van der Waals surface area (Å²) in [6.45, 7) is 3.49. The maximum atomic E-state index is 12.7. The second-order valence-corrected chi connectivity index (χ2v) is 8.62. The van der Waals surface area contributed by atoms with Crippen LogP contribution in [0.3, 0.4) is 0 Å². The Morgan fingerprint density at radius 3 is 2.40 bits per heavy atom. The van der Waals surface area contributed by atoms with E-state index in [1.807, 2.05) is 0 Å². The molecule has 0 amide bonds. The lowest BCUT2D eigenvalue weighted by Crippen LogP contribution is -2.31. The van der Waals surface area contributed by atoms with Crippen molar-refractivity contribution >= 4 is 33.4 Å². The van der Waals surface area contributed by atoms with Gasteiger partial charge in [0.25, 0.3) is 0 Å². The number of ether oxygens (including phenoxy) is 3. The summed E-state index contributed by atoms with van der Waals surface area (Å²) in [5, 5.41) is -0.00473. The fraction of sp³-hybridized carbons (Fsp3) is 0.300. The molecule has 0 saturated carbocycles. The standard InChI is InChI=1S/C20H20ClNO7S/c1-3-22(4-2)30(25,26)19-10-14(5-7-15(19)21)20(24)27-11-16(23)13-6-8-17-18(9-13)29-12-28-17/h5-10H,3-4,11-12H2,1-2H3. The monoisotopic (exact) mass is 453 g/mol. The Balaban J connectivity index is 1.74. The van der Waals surface area contributed by atoms with Crippen LogP contribution in [0.4, 0.5) is 0 Å². The lowest BCUT2D eigenvalue weighted by molar-refractivity contribution is 0.0474. The van der Waals surface area contributed by atoms with Gasteiger partial charge >= 0.3 is 5.97 Å². The van der Waals surface area contributed by atoms with Gasteiger partial charge in [-0.1, -0.05) is 25.4 Å². The van der Waals surface area contributed by atoms with Gasteiger partial charge in [0.15, 0.2) is 23.9 Å². The summed E-state index contributed by atoms with van der Waals surface area (Å²) in [7, 11) is -3.87. The first kappa shape index (κ1) is 22.1. The molecule has 3 rings (SSSR count). The summed E-state index contributed by atoms with van der Waals surface area (Å²) in [5.74, 6) is -0.300. The Bertz CT molecular complexity index is 1080. The van der Waals surface area contributed by atoms with Crippen molar-refractivity contribution in [2.24, 2.45) is 0 Å². The molecule has 0 N–H and O–H groups in total. The molecular weight excluding hydrogens is 434 g/mol. The molecule has 0 unspecified atom stereocenters. The molecule has 1 aliphatic heterocycles. The number of halogens is 1. The Labute approximate surface area is 179 Å². The lowest BCUT2D eigenvalue weighted by atomic mass is 10.1. The number of rotatable bonds is 8. The van der Waals surface area contributed by atoms with Crippen molar-refractivity contribution in [1.82, 2.24) is 4.31 Å². The van der Waals surface area contributed by atoms with Gasteiger partial charge in [-0.25, -0.2) is 13.2 Å². The molecule has 2 aromatic carbocycles. The van der Waals surface area contributed by atoms with E-state index in [4.69, 9.17) is 25.8 Å². The number of ketones is 1. The number of sulfonamides is 1. The van der Waals surface area contributed by atoms with E-state index in [0.29, 0.717) is 17.1 Å². The zero-order valence-corrected chi connectivity index (χ0v) is 18.0. The first-order valence-corrected chi connectivity index (χ1v) is 11.0. The van der Waals surface area contributed by atoms with Crippen LogP contribution >= 0.6 is 11.6 Å². The second-order valence-electron chi connectivity index (χ2n) is 6.30. The van der Waals surface area contributed by atoms with Crippen LogP contribution in [0.15, 0.2) is 41.3 Å². The third-order valence-corrected chi connectivity index (χ3v) is 7.05. The summed E-state index contributed by atoms with van der Waals surface area (Å²) < 4.78 is 42.2. The summed E-state index contributed by atoms with van der Waals surface area (Å²) in [4.78, 5) is 24.5. The molecule has 0 saturated heterocycles. The molecular formula is C20H20ClNO7S. The summed E-state index contributed by atoms with van der Waals surface area (Å²) in [5.41, 5.74) is 0.275. The van der Waals surface area contributed by atoms with Gasteiger partial charge in [-0.3, -0.25) is 4.79 Å². The predicted octanol–water partition coefficient (Wildman–Crippen LogP) is 3.14. The summed E-state index contributed by atoms with van der Waals surface area (Å²) >= 11 is 6.06. The number of nitrogens with zero attached hydrogens (tertiary/aromatic N) is 1. The molecule has 1 heterocycles. The minimum atomic E-state index is -3.87. The van der Waals surface area contributed by atoms with Gasteiger partial charge in [0.2, 0.25) is 16.8 Å². The van der Waals surface area contributed by atoms with Crippen molar-refractivity contribution in [3.63, 3.8) is 0 Å². The molecule has 0 bridgehead atoms. The van der Waals surface area contributed by atoms with Crippen LogP contribution in [0.5, 0.6) is 11.5 Å². The Morgan fingerprint density at radius 1 is 1.03 bits per heavy atom. The fourth-order valence-electron chi connectivity index (χ4n) is 2.90. The van der Waals surface area contributed by atoms with Crippen molar-refractivity contribution in [1.29, 1.82) is 0 Å². The molecule has 2 aromatic rings. The number of carbonyl (C=O) groups is 2. The quantitative estimate of drug-likeness (QED) is 0.447. The summed E-state index contributed by atoms with van der Waals surface area (Å²) in [6, 6.07) is 8.46. The molecule has 0 aromatic heterocycles. The van der Waals surface area contributed by atoms with Crippen molar-refractivity contribution in [2.75, 3.05) is 26.5 Å². The zero-order valence-electron chi connectivity index (χ0n) is 16.4. The van der Waals surface area contributed by atoms with Crippen LogP contribution in [0.25, 0.3) is 0 Å². The SMILES string of the molecule is CCN(CC)S(=O)(=O)c1cc(C(=O)OCC(=O)c2ccc3c(c2)OCO3)ccc1Cl. The van der Waals surface area contributed by atoms with E-state index in [1.165, 1.54) is 22.5 Å². The molecule has 0 spiro atoms. The van der Waals surface area contributed by atoms with Crippen molar-refractivity contribution in [3.05, 3.63) is 52.5 Å². The van der Waals surface area contributed by atoms with E-state index in [0.717, 1.165) is 6.07 Å². The van der Waals surface area contributed by atoms with Crippen LogP contribution < -0.4 is 9.47 Å². The second kappa shape index (κ2) is 9.03. The summed E-state index contributed by atoms with van der Waals surface area (Å²) in [6.07, 6.45) is 0. The molecule has 0 fully saturated rings. The van der Waals surface area contributed by atoms with Crippen LogP contribution in [0, 0.1) is 0 Å². The third kappa shape index (κ3) is 4.43. The minimum absolute atomic E-state index is 0.00473. The molecule has 8 nitrogen and oxygen atoms in total. The van der Waals surface area contributed by atoms with Crippen LogP contribution in [0.2, 0.25) is 5.02 Å². The topological polar surface area (TPSA) is 99.2 Å². The average Bonchev–Trinajstić information content (AvgIpc) is 3.20. The molecule has 10 heteroatoms. The third-order valence-electron chi connectivity index (χ3n) is 4.52. The maximum Gasteiger partial charge on any atom is 0.338 e. The molecule has 0 radical (unpaired) electrons. The molecule has 160 valence electrons. The number of Topliss-reactive ketones (excluding diaryl/α,β-unsaturated/α-hetero) is 1. The van der Waals surface area contributed by atoms with E-state index in [-0.39, 0.29) is 35.4 Å². The molecule has 1 aliphatic rings. The highest BCUT2D eigenvalue weighted by Gasteiger charge is 2.26. The van der Waals surface area contributed by atoms with E-state index >= 15 is 0 Å². The van der Waals surface area contributed by atoms with Gasteiger partial charge in [0, 0.05) is 18.7 Å². The first-order chi connectivity index (χ1) is 14.3. The largest absolute Gasteiger partial charge is 0.454 e.